The summed E-state index contributed by atoms with van der Waals surface area (Å²) in [7, 11) is -0.535. The van der Waals surface area contributed by atoms with E-state index in [-0.39, 0.29) is 0 Å². The Kier molecular flexibility index (Phi) is 4.28. The van der Waals surface area contributed by atoms with Gasteiger partial charge in [-0.15, -0.1) is 0 Å². The van der Waals surface area contributed by atoms with E-state index in [4.69, 9.17) is 0 Å². The van der Waals surface area contributed by atoms with Gasteiger partial charge in [-0.25, -0.2) is 0 Å². The molecule has 2 saturated heterocycles. The first-order valence-electron chi connectivity index (χ1n) is 5.23. The van der Waals surface area contributed by atoms with Gasteiger partial charge in [-0.3, -0.25) is 9.11 Å². The third-order valence-corrected chi connectivity index (χ3v) is 5.15. The third kappa shape index (κ3) is 3.22. The van der Waals surface area contributed by atoms with Crippen molar-refractivity contribution in [2.45, 2.75) is 6.04 Å². The minimum atomic E-state index is -0.535. The Balaban J connectivity index is 1.71. The quantitative estimate of drug-likeness (QED) is 0.714. The van der Waals surface area contributed by atoms with Crippen LogP contribution in [0.2, 0.25) is 0 Å². The van der Waals surface area contributed by atoms with Crippen molar-refractivity contribution in [1.82, 2.24) is 10.2 Å². The van der Waals surface area contributed by atoms with Crippen molar-refractivity contribution < 1.29 is 4.21 Å². The lowest BCUT2D eigenvalue weighted by atomic mass is 10.3. The fourth-order valence-corrected chi connectivity index (χ4v) is 3.97. The van der Waals surface area contributed by atoms with Crippen LogP contribution in [0.4, 0.5) is 0 Å². The van der Waals surface area contributed by atoms with Crippen molar-refractivity contribution in [2.24, 2.45) is 0 Å². The van der Waals surface area contributed by atoms with Gasteiger partial charge in [0, 0.05) is 66.0 Å². The molecule has 0 aromatic heterocycles. The van der Waals surface area contributed by atoms with Crippen molar-refractivity contribution in [3.8, 4) is 0 Å². The molecule has 2 heterocycles. The summed E-state index contributed by atoms with van der Waals surface area (Å²) in [5.41, 5.74) is 0. The largest absolute Gasteiger partial charge is 0.311 e. The molecule has 0 spiro atoms. The van der Waals surface area contributed by atoms with Crippen LogP contribution in [0.25, 0.3) is 0 Å². The maximum absolute atomic E-state index is 11.2. The Hall–Kier alpha value is 0.420. The Morgan fingerprint density at radius 1 is 1.43 bits per heavy atom. The van der Waals surface area contributed by atoms with Crippen LogP contribution in [0.3, 0.4) is 0 Å². The van der Waals surface area contributed by atoms with Crippen LogP contribution in [0.1, 0.15) is 0 Å². The summed E-state index contributed by atoms with van der Waals surface area (Å²) >= 11 is 2.04. The molecule has 3 nitrogen and oxygen atoms in total. The molecule has 0 saturated carbocycles. The van der Waals surface area contributed by atoms with Gasteiger partial charge >= 0.3 is 0 Å². The van der Waals surface area contributed by atoms with Crippen LogP contribution in [-0.2, 0) is 10.8 Å². The first-order chi connectivity index (χ1) is 6.84. The Labute approximate surface area is 92.5 Å². The smallest absolute Gasteiger partial charge is 0.0363 e. The van der Waals surface area contributed by atoms with E-state index in [0.717, 1.165) is 37.7 Å². The highest BCUT2D eigenvalue weighted by molar-refractivity contribution is 7.99. The summed E-state index contributed by atoms with van der Waals surface area (Å²) in [4.78, 5) is 2.45. The number of thioether (sulfide) groups is 1. The monoisotopic (exact) mass is 234 g/mol. The summed E-state index contributed by atoms with van der Waals surface area (Å²) in [5, 5.41) is 3.54. The normalized spacial score (nSPS) is 31.9. The van der Waals surface area contributed by atoms with E-state index in [1.54, 1.807) is 0 Å². The molecular weight excluding hydrogens is 216 g/mol. The molecule has 2 rings (SSSR count). The molecule has 1 unspecified atom stereocenters. The zero-order valence-corrected chi connectivity index (χ0v) is 10.0. The minimum absolute atomic E-state index is 0.535. The van der Waals surface area contributed by atoms with E-state index in [9.17, 15) is 4.21 Å². The minimum Gasteiger partial charge on any atom is -0.311 e. The second kappa shape index (κ2) is 5.49. The van der Waals surface area contributed by atoms with Crippen molar-refractivity contribution in [2.75, 3.05) is 49.2 Å². The molecular formula is C9H18N2OS2. The highest BCUT2D eigenvalue weighted by Gasteiger charge is 2.20. The van der Waals surface area contributed by atoms with Gasteiger partial charge in [0.25, 0.3) is 0 Å². The van der Waals surface area contributed by atoms with Gasteiger partial charge in [0.1, 0.15) is 0 Å². The summed E-state index contributed by atoms with van der Waals surface area (Å²) < 4.78 is 11.2. The van der Waals surface area contributed by atoms with E-state index < -0.39 is 10.8 Å². The van der Waals surface area contributed by atoms with Gasteiger partial charge < -0.3 is 5.32 Å². The molecule has 14 heavy (non-hydrogen) atoms. The first-order valence-corrected chi connectivity index (χ1v) is 7.87. The second-order valence-electron chi connectivity index (χ2n) is 3.87. The molecule has 2 fully saturated rings. The van der Waals surface area contributed by atoms with Crippen LogP contribution < -0.4 is 5.32 Å². The molecule has 5 heteroatoms. The number of hydrogen-bond donors (Lipinski definition) is 1. The molecule has 82 valence electrons. The van der Waals surface area contributed by atoms with Gasteiger partial charge in [-0.2, -0.15) is 11.8 Å². The van der Waals surface area contributed by atoms with Gasteiger partial charge in [-0.1, -0.05) is 0 Å². The van der Waals surface area contributed by atoms with E-state index in [2.05, 4.69) is 10.2 Å². The van der Waals surface area contributed by atoms with Gasteiger partial charge in [0.05, 0.1) is 0 Å². The summed E-state index contributed by atoms with van der Waals surface area (Å²) in [6.45, 7) is 4.34. The number of hydrogen-bond acceptors (Lipinski definition) is 4. The van der Waals surface area contributed by atoms with Crippen molar-refractivity contribution in [3.05, 3.63) is 0 Å². The molecule has 0 radical (unpaired) electrons. The zero-order chi connectivity index (χ0) is 9.80. The van der Waals surface area contributed by atoms with Crippen LogP contribution in [0.5, 0.6) is 0 Å². The summed E-state index contributed by atoms with van der Waals surface area (Å²) in [5.74, 6) is 4.24. The molecule has 2 aliphatic rings. The van der Waals surface area contributed by atoms with E-state index in [0.29, 0.717) is 6.04 Å². The van der Waals surface area contributed by atoms with E-state index in [1.165, 1.54) is 11.5 Å². The molecule has 0 aromatic carbocycles. The van der Waals surface area contributed by atoms with Crippen molar-refractivity contribution >= 4 is 22.6 Å². The van der Waals surface area contributed by atoms with Gasteiger partial charge in [0.2, 0.25) is 0 Å². The van der Waals surface area contributed by atoms with Crippen LogP contribution in [-0.4, -0.2) is 64.3 Å². The molecule has 1 N–H and O–H groups in total. The fourth-order valence-electron chi connectivity index (χ4n) is 1.91. The van der Waals surface area contributed by atoms with Gasteiger partial charge in [-0.05, 0) is 0 Å². The fraction of sp³-hybridized carbons (Fsp3) is 1.00. The third-order valence-electron chi connectivity index (χ3n) is 2.75. The SMILES string of the molecule is O=S1CCN(CC2CSCCN2)CC1. The highest BCUT2D eigenvalue weighted by Crippen LogP contribution is 2.10. The molecule has 1 atom stereocenters. The van der Waals surface area contributed by atoms with E-state index >= 15 is 0 Å². The number of nitrogens with zero attached hydrogens (tertiary/aromatic N) is 1. The lowest BCUT2D eigenvalue weighted by molar-refractivity contribution is 0.270. The lowest BCUT2D eigenvalue weighted by Crippen LogP contribution is -2.49. The summed E-state index contributed by atoms with van der Waals surface area (Å²) in [6, 6.07) is 0.653. The Morgan fingerprint density at radius 3 is 2.86 bits per heavy atom. The topological polar surface area (TPSA) is 32.3 Å². The first kappa shape index (κ1) is 10.9. The summed E-state index contributed by atoms with van der Waals surface area (Å²) in [6.07, 6.45) is 0. The maximum atomic E-state index is 11.2. The molecule has 0 amide bonds. The van der Waals surface area contributed by atoms with Crippen LogP contribution >= 0.6 is 11.8 Å². The average molecular weight is 234 g/mol. The predicted molar refractivity (Wildman–Crippen MR) is 63.4 cm³/mol. The van der Waals surface area contributed by atoms with Crippen LogP contribution in [0.15, 0.2) is 0 Å². The average Bonchev–Trinajstić information content (AvgIpc) is 2.23. The van der Waals surface area contributed by atoms with Crippen LogP contribution in [0, 0.1) is 0 Å². The standard InChI is InChI=1S/C9H18N2OS2/c12-14-5-2-11(3-6-14)7-9-8-13-4-1-10-9/h9-10H,1-8H2. The molecule has 2 aliphatic heterocycles. The maximum Gasteiger partial charge on any atom is 0.0363 e. The lowest BCUT2D eigenvalue weighted by Gasteiger charge is -2.32. The highest BCUT2D eigenvalue weighted by atomic mass is 32.2. The Bertz CT molecular complexity index is 197. The van der Waals surface area contributed by atoms with Crippen molar-refractivity contribution in [3.63, 3.8) is 0 Å². The second-order valence-corrected chi connectivity index (χ2v) is 6.72. The molecule has 0 aliphatic carbocycles. The molecule has 0 aromatic rings. The predicted octanol–water partition coefficient (Wildman–Crippen LogP) is -0.244. The number of nitrogens with one attached hydrogen (secondary N) is 1. The zero-order valence-electron chi connectivity index (χ0n) is 8.41. The van der Waals surface area contributed by atoms with E-state index in [1.807, 2.05) is 11.8 Å². The Morgan fingerprint density at radius 2 is 2.21 bits per heavy atom. The van der Waals surface area contributed by atoms with Gasteiger partial charge in [0.15, 0.2) is 0 Å². The van der Waals surface area contributed by atoms with Crippen molar-refractivity contribution in [1.29, 1.82) is 0 Å². The number of rotatable bonds is 2. The molecule has 0 bridgehead atoms.